The Bertz CT molecular complexity index is 1760. The first kappa shape index (κ1) is 31.3. The minimum atomic E-state index is -0.323. The number of carbonyl (C=O) groups excluding carboxylic acids is 2. The van der Waals surface area contributed by atoms with Gasteiger partial charge in [0.2, 0.25) is 5.91 Å². The van der Waals surface area contributed by atoms with Crippen molar-refractivity contribution < 1.29 is 23.8 Å². The molecule has 14 heteroatoms. The molecule has 0 bridgehead atoms. The van der Waals surface area contributed by atoms with E-state index in [4.69, 9.17) is 35.8 Å². The lowest BCUT2D eigenvalue weighted by Gasteiger charge is -2.44. The van der Waals surface area contributed by atoms with Crippen molar-refractivity contribution in [1.29, 1.82) is 0 Å². The van der Waals surface area contributed by atoms with Gasteiger partial charge in [-0.05, 0) is 42.8 Å². The van der Waals surface area contributed by atoms with Gasteiger partial charge in [0.05, 0.1) is 35.2 Å². The van der Waals surface area contributed by atoms with Crippen LogP contribution in [0.5, 0.6) is 11.5 Å². The van der Waals surface area contributed by atoms with Gasteiger partial charge in [0.25, 0.3) is 5.91 Å². The highest BCUT2D eigenvalue weighted by molar-refractivity contribution is 7.17. The molecule has 2 aliphatic heterocycles. The smallest absolute Gasteiger partial charge is 0.267 e. The fourth-order valence-corrected chi connectivity index (χ4v) is 6.22. The highest BCUT2D eigenvalue weighted by Crippen LogP contribution is 2.38. The van der Waals surface area contributed by atoms with Crippen LogP contribution in [0.2, 0.25) is 5.02 Å². The summed E-state index contributed by atoms with van der Waals surface area (Å²) in [5.41, 5.74) is 2.79. The first-order valence-corrected chi connectivity index (χ1v) is 15.8. The molecule has 2 amide bonds. The number of para-hydroxylation sites is 1. The topological polar surface area (TPSA) is 131 Å². The van der Waals surface area contributed by atoms with E-state index >= 15 is 0 Å². The van der Waals surface area contributed by atoms with Gasteiger partial charge in [0, 0.05) is 38.5 Å². The van der Waals surface area contributed by atoms with Crippen LogP contribution in [-0.4, -0.2) is 84.3 Å². The second kappa shape index (κ2) is 13.7. The molecule has 1 aromatic carbocycles. The number of hydrogen-bond donors (Lipinski definition) is 2. The number of aryl methyl sites for hydroxylation is 1. The minimum absolute atomic E-state index is 0.0138. The molecule has 5 heterocycles. The van der Waals surface area contributed by atoms with Crippen LogP contribution in [0.25, 0.3) is 11.3 Å². The van der Waals surface area contributed by atoms with Crippen molar-refractivity contribution in [3.63, 3.8) is 0 Å². The molecule has 46 heavy (non-hydrogen) atoms. The Hall–Kier alpha value is -4.72. The lowest BCUT2D eigenvalue weighted by molar-refractivity contribution is -0.127. The van der Waals surface area contributed by atoms with Gasteiger partial charge in [0.1, 0.15) is 18.1 Å². The number of piperazine rings is 1. The molecule has 1 atom stereocenters. The molecule has 0 radical (unpaired) electrons. The second-order valence-electron chi connectivity index (χ2n) is 10.6. The average molecular weight is 662 g/mol. The van der Waals surface area contributed by atoms with Crippen molar-refractivity contribution in [2.24, 2.45) is 0 Å². The van der Waals surface area contributed by atoms with Gasteiger partial charge < -0.3 is 34.6 Å². The SMILES string of the molecule is C=CC(=O)N1CCN2c3ncc(-c4ccc(OCCOC)c(Nc5ncc(C(=O)Nc6c(C)cccc6Cl)s5)n4)cc3OCC2C1. The Morgan fingerprint density at radius 3 is 2.87 bits per heavy atom. The number of pyridine rings is 2. The molecule has 0 spiro atoms. The lowest BCUT2D eigenvalue weighted by atomic mass is 10.1. The Balaban J connectivity index is 1.22. The highest BCUT2D eigenvalue weighted by atomic mass is 35.5. The predicted octanol–water partition coefficient (Wildman–Crippen LogP) is 5.18. The fraction of sp³-hybridized carbons (Fsp3) is 0.281. The van der Waals surface area contributed by atoms with Crippen molar-refractivity contribution in [3.05, 3.63) is 76.9 Å². The largest absolute Gasteiger partial charge is 0.487 e. The molecular formula is C32H32ClN7O5S. The Kier molecular flexibility index (Phi) is 9.33. The van der Waals surface area contributed by atoms with E-state index < -0.39 is 0 Å². The van der Waals surface area contributed by atoms with Crippen molar-refractivity contribution in [2.45, 2.75) is 13.0 Å². The normalized spacial score (nSPS) is 15.3. The van der Waals surface area contributed by atoms with Gasteiger partial charge in [0.15, 0.2) is 28.3 Å². The summed E-state index contributed by atoms with van der Waals surface area (Å²) in [6, 6.07) is 11.0. The molecule has 1 saturated heterocycles. The van der Waals surface area contributed by atoms with E-state index in [2.05, 4.69) is 27.1 Å². The van der Waals surface area contributed by atoms with Gasteiger partial charge in [-0.1, -0.05) is 41.6 Å². The summed E-state index contributed by atoms with van der Waals surface area (Å²) in [6.45, 7) is 8.41. The molecule has 6 rings (SSSR count). The van der Waals surface area contributed by atoms with Crippen molar-refractivity contribution >= 4 is 57.2 Å². The number of rotatable bonds is 10. The third kappa shape index (κ3) is 6.62. The number of halogens is 1. The maximum absolute atomic E-state index is 13.0. The van der Waals surface area contributed by atoms with E-state index in [1.807, 2.05) is 37.3 Å². The van der Waals surface area contributed by atoms with Gasteiger partial charge >= 0.3 is 0 Å². The number of methoxy groups -OCH3 is 1. The fourth-order valence-electron chi connectivity index (χ4n) is 5.24. The lowest BCUT2D eigenvalue weighted by Crippen LogP contribution is -2.58. The van der Waals surface area contributed by atoms with Crippen LogP contribution in [0, 0.1) is 6.92 Å². The molecule has 0 saturated carbocycles. The molecule has 238 valence electrons. The highest BCUT2D eigenvalue weighted by Gasteiger charge is 2.35. The molecule has 12 nitrogen and oxygen atoms in total. The number of fused-ring (bicyclic) bond motifs is 3. The summed E-state index contributed by atoms with van der Waals surface area (Å²) < 4.78 is 17.2. The monoisotopic (exact) mass is 661 g/mol. The third-order valence-corrected chi connectivity index (χ3v) is 8.85. The van der Waals surface area contributed by atoms with Crippen LogP contribution in [0.3, 0.4) is 0 Å². The number of amides is 2. The van der Waals surface area contributed by atoms with Crippen molar-refractivity contribution in [1.82, 2.24) is 19.9 Å². The zero-order valence-corrected chi connectivity index (χ0v) is 26.9. The Morgan fingerprint density at radius 1 is 1.20 bits per heavy atom. The number of nitrogens with zero attached hydrogens (tertiary/aromatic N) is 5. The molecule has 3 aromatic heterocycles. The van der Waals surface area contributed by atoms with Crippen LogP contribution < -0.4 is 25.0 Å². The zero-order chi connectivity index (χ0) is 32.2. The van der Waals surface area contributed by atoms with Gasteiger partial charge in [-0.15, -0.1) is 0 Å². The molecule has 1 fully saturated rings. The molecule has 2 N–H and O–H groups in total. The number of nitrogens with one attached hydrogen (secondary N) is 2. The number of hydrogen-bond acceptors (Lipinski definition) is 11. The summed E-state index contributed by atoms with van der Waals surface area (Å²) in [7, 11) is 1.60. The maximum Gasteiger partial charge on any atom is 0.267 e. The number of anilines is 4. The molecular weight excluding hydrogens is 630 g/mol. The van der Waals surface area contributed by atoms with E-state index in [0.717, 1.165) is 16.9 Å². The van der Waals surface area contributed by atoms with Crippen LogP contribution in [0.4, 0.5) is 22.5 Å². The maximum atomic E-state index is 13.0. The van der Waals surface area contributed by atoms with Crippen LogP contribution >= 0.6 is 22.9 Å². The second-order valence-corrected chi connectivity index (χ2v) is 12.1. The van der Waals surface area contributed by atoms with E-state index in [0.29, 0.717) is 83.2 Å². The molecule has 4 aromatic rings. The van der Waals surface area contributed by atoms with E-state index in [1.165, 1.54) is 23.6 Å². The number of carbonyl (C=O) groups is 2. The minimum Gasteiger partial charge on any atom is -0.487 e. The first-order chi connectivity index (χ1) is 22.3. The van der Waals surface area contributed by atoms with E-state index in [-0.39, 0.29) is 17.9 Å². The zero-order valence-electron chi connectivity index (χ0n) is 25.3. The van der Waals surface area contributed by atoms with Gasteiger partial charge in [-0.25, -0.2) is 15.0 Å². The van der Waals surface area contributed by atoms with Gasteiger partial charge in [-0.2, -0.15) is 0 Å². The third-order valence-electron chi connectivity index (χ3n) is 7.62. The molecule has 2 aliphatic rings. The van der Waals surface area contributed by atoms with Crippen LogP contribution in [0.15, 0.2) is 61.4 Å². The van der Waals surface area contributed by atoms with Crippen molar-refractivity contribution in [2.75, 3.05) is 62.1 Å². The van der Waals surface area contributed by atoms with Crippen molar-refractivity contribution in [3.8, 4) is 22.8 Å². The standard InChI is InChI=1S/C32H32ClN7O5S/c1-4-27(41)39-10-11-40-21(17-39)18-45-25-14-20(15-34-30(25)40)23-8-9-24(44-13-12-43-3)29(36-23)38-32-35-16-26(46-32)31(42)37-28-19(2)6-5-7-22(28)33/h4-9,14-16,21H,1,10-13,17-18H2,2-3H3,(H,37,42)(H,35,36,38). The summed E-state index contributed by atoms with van der Waals surface area (Å²) in [6.07, 6.45) is 4.59. The van der Waals surface area contributed by atoms with E-state index in [9.17, 15) is 9.59 Å². The number of aromatic nitrogens is 3. The molecule has 0 aliphatic carbocycles. The number of thiazole rings is 1. The first-order valence-electron chi connectivity index (χ1n) is 14.6. The summed E-state index contributed by atoms with van der Waals surface area (Å²) in [5.74, 6) is 1.89. The number of benzene rings is 1. The predicted molar refractivity (Wildman–Crippen MR) is 178 cm³/mol. The molecule has 1 unspecified atom stereocenters. The Morgan fingerprint density at radius 2 is 2.07 bits per heavy atom. The summed E-state index contributed by atoms with van der Waals surface area (Å²) >= 11 is 7.47. The van der Waals surface area contributed by atoms with Crippen LogP contribution in [-0.2, 0) is 9.53 Å². The summed E-state index contributed by atoms with van der Waals surface area (Å²) in [5, 5.41) is 7.00. The number of ether oxygens (including phenoxy) is 3. The Labute approximate surface area is 275 Å². The summed E-state index contributed by atoms with van der Waals surface area (Å²) in [4.78, 5) is 43.5. The average Bonchev–Trinajstić information content (AvgIpc) is 3.55. The van der Waals surface area contributed by atoms with Gasteiger partial charge in [-0.3, -0.25) is 9.59 Å². The van der Waals surface area contributed by atoms with Crippen LogP contribution in [0.1, 0.15) is 15.2 Å². The van der Waals surface area contributed by atoms with E-state index in [1.54, 1.807) is 24.3 Å². The quantitative estimate of drug-likeness (QED) is 0.173.